The maximum absolute atomic E-state index is 13.6. The molecule has 1 heterocycles. The molecule has 2 N–H and O–H groups in total. The highest BCUT2D eigenvalue weighted by molar-refractivity contribution is 5.94. The molecule has 0 aliphatic rings. The fraction of sp³-hybridized carbons (Fsp3) is 0.320. The van der Waals surface area contributed by atoms with Crippen LogP contribution in [0, 0.1) is 5.82 Å². The van der Waals surface area contributed by atoms with Gasteiger partial charge in [0, 0.05) is 17.5 Å². The van der Waals surface area contributed by atoms with Crippen molar-refractivity contribution in [2.75, 3.05) is 0 Å². The minimum atomic E-state index is -1.20. The highest BCUT2D eigenvalue weighted by atomic mass is 19.1. The number of aromatic nitrogens is 2. The van der Waals surface area contributed by atoms with Crippen LogP contribution in [0.1, 0.15) is 50.3 Å². The second-order valence-corrected chi connectivity index (χ2v) is 8.13. The monoisotopic (exact) mass is 438 g/mol. The molecule has 2 aromatic carbocycles. The molecule has 0 saturated carbocycles. The number of aliphatic carboxylic acids is 1. The smallest absolute Gasteiger partial charge is 0.310 e. The molecule has 6 nitrogen and oxygen atoms in total. The molecule has 3 rings (SSSR count). The molecule has 1 unspecified atom stereocenters. The summed E-state index contributed by atoms with van der Waals surface area (Å²) in [6.07, 6.45) is -1.04. The third-order valence-corrected chi connectivity index (χ3v) is 5.22. The Kier molecular flexibility index (Phi) is 7.53. The summed E-state index contributed by atoms with van der Waals surface area (Å²) >= 11 is 0. The van der Waals surface area contributed by atoms with Crippen molar-refractivity contribution in [1.29, 1.82) is 0 Å². The molecular weight excluding hydrogens is 411 g/mol. The van der Waals surface area contributed by atoms with Gasteiger partial charge in [0.2, 0.25) is 0 Å². The van der Waals surface area contributed by atoms with Gasteiger partial charge in [-0.1, -0.05) is 32.0 Å². The fourth-order valence-corrected chi connectivity index (χ4v) is 3.75. The van der Waals surface area contributed by atoms with Crippen LogP contribution >= 0.6 is 0 Å². The van der Waals surface area contributed by atoms with Gasteiger partial charge < -0.3 is 10.2 Å². The van der Waals surface area contributed by atoms with E-state index in [9.17, 15) is 19.1 Å². The Morgan fingerprint density at radius 3 is 2.31 bits per heavy atom. The average molecular weight is 438 g/mol. The van der Waals surface area contributed by atoms with Crippen molar-refractivity contribution in [3.05, 3.63) is 71.7 Å². The molecule has 3 aromatic rings. The van der Waals surface area contributed by atoms with Crippen molar-refractivity contribution >= 4 is 11.8 Å². The first-order valence-corrected chi connectivity index (χ1v) is 10.6. The molecule has 1 aromatic heterocycles. The highest BCUT2D eigenvalue weighted by Crippen LogP contribution is 2.34. The zero-order valence-electron chi connectivity index (χ0n) is 18.2. The van der Waals surface area contributed by atoms with Crippen molar-refractivity contribution in [2.24, 2.45) is 0 Å². The predicted octanol–water partition coefficient (Wildman–Crippen LogP) is 4.53. The van der Waals surface area contributed by atoms with Gasteiger partial charge in [0.25, 0.3) is 0 Å². The van der Waals surface area contributed by atoms with Crippen LogP contribution in [0.2, 0.25) is 0 Å². The van der Waals surface area contributed by atoms with Gasteiger partial charge in [-0.05, 0) is 55.2 Å². The van der Waals surface area contributed by atoms with E-state index >= 15 is 0 Å². The normalized spacial score (nSPS) is 12.2. The lowest BCUT2D eigenvalue weighted by Gasteiger charge is -2.13. The molecule has 168 valence electrons. The fourth-order valence-electron chi connectivity index (χ4n) is 3.75. The van der Waals surface area contributed by atoms with Crippen LogP contribution in [0.3, 0.4) is 0 Å². The number of carbonyl (C=O) groups is 2. The number of carbonyl (C=O) groups excluding carboxylic acids is 1. The van der Waals surface area contributed by atoms with Gasteiger partial charge in [0.1, 0.15) is 18.0 Å². The van der Waals surface area contributed by atoms with Crippen LogP contribution < -0.4 is 0 Å². The molecule has 0 aliphatic carbocycles. The molecule has 0 fully saturated rings. The summed E-state index contributed by atoms with van der Waals surface area (Å²) in [4.78, 5) is 22.5. The Labute approximate surface area is 186 Å². The second-order valence-electron chi connectivity index (χ2n) is 8.13. The number of halogens is 1. The van der Waals surface area contributed by atoms with Crippen LogP contribution in [0.4, 0.5) is 4.39 Å². The topological polar surface area (TPSA) is 92.4 Å². The molecule has 0 spiro atoms. The zero-order valence-corrected chi connectivity index (χ0v) is 18.2. The summed E-state index contributed by atoms with van der Waals surface area (Å²) in [5.74, 6) is -1.95. The van der Waals surface area contributed by atoms with E-state index < -0.39 is 24.3 Å². The summed E-state index contributed by atoms with van der Waals surface area (Å²) in [5.41, 5.74) is 4.24. The number of carboxylic acids is 1. The number of ketones is 1. The maximum atomic E-state index is 13.6. The van der Waals surface area contributed by atoms with E-state index in [2.05, 4.69) is 0 Å². The van der Waals surface area contributed by atoms with E-state index in [1.54, 1.807) is 12.1 Å². The highest BCUT2D eigenvalue weighted by Gasteiger charge is 2.23. The second kappa shape index (κ2) is 10.3. The zero-order chi connectivity index (χ0) is 23.3. The number of benzene rings is 2. The molecule has 0 saturated heterocycles. The number of Topliss-reactive ketones (excluding diaryl/α,β-unsaturated/α-hetero) is 1. The Morgan fingerprint density at radius 1 is 1.06 bits per heavy atom. The number of rotatable bonds is 10. The van der Waals surface area contributed by atoms with Gasteiger partial charge in [-0.25, -0.2) is 9.07 Å². The van der Waals surface area contributed by atoms with Crippen LogP contribution in [-0.4, -0.2) is 37.9 Å². The maximum Gasteiger partial charge on any atom is 0.310 e. The van der Waals surface area contributed by atoms with Crippen LogP contribution in [0.25, 0.3) is 16.9 Å². The van der Waals surface area contributed by atoms with Gasteiger partial charge in [0.05, 0.1) is 23.2 Å². The summed E-state index contributed by atoms with van der Waals surface area (Å²) in [7, 11) is 0. The minimum absolute atomic E-state index is 0.0972. The predicted molar refractivity (Wildman–Crippen MR) is 119 cm³/mol. The standard InChI is InChI=1S/C25H27FN2O4/c1-16(2)24-22(13-12-20(29)14-21(30)15-23(31)32)25(17-8-10-18(26)11-9-17)28(27-24)19-6-4-3-5-7-19/h3-11,16,20,29H,12-15H2,1-2H3,(H,31,32). The number of hydrogen-bond acceptors (Lipinski definition) is 4. The van der Waals surface area contributed by atoms with E-state index in [4.69, 9.17) is 10.2 Å². The van der Waals surface area contributed by atoms with E-state index in [1.165, 1.54) is 12.1 Å². The molecule has 0 bridgehead atoms. The number of hydrogen-bond donors (Lipinski definition) is 2. The first-order chi connectivity index (χ1) is 15.3. The lowest BCUT2D eigenvalue weighted by molar-refractivity contribution is -0.140. The number of aliphatic hydroxyl groups excluding tert-OH is 1. The third-order valence-electron chi connectivity index (χ3n) is 5.22. The first kappa shape index (κ1) is 23.3. The van der Waals surface area contributed by atoms with Gasteiger partial charge in [-0.2, -0.15) is 5.10 Å². The van der Waals surface area contributed by atoms with Crippen molar-refractivity contribution in [1.82, 2.24) is 9.78 Å². The Balaban J connectivity index is 2.00. The largest absolute Gasteiger partial charge is 0.481 e. The Morgan fingerprint density at radius 2 is 1.72 bits per heavy atom. The van der Waals surface area contributed by atoms with E-state index in [-0.39, 0.29) is 24.6 Å². The molecule has 0 aliphatic heterocycles. The summed E-state index contributed by atoms with van der Waals surface area (Å²) in [6, 6.07) is 15.8. The van der Waals surface area contributed by atoms with Gasteiger partial charge in [-0.3, -0.25) is 9.59 Å². The Hall–Kier alpha value is -3.32. The van der Waals surface area contributed by atoms with Crippen molar-refractivity contribution in [3.63, 3.8) is 0 Å². The third kappa shape index (κ3) is 5.68. The SMILES string of the molecule is CC(C)c1nn(-c2ccccc2)c(-c2ccc(F)cc2)c1CCC(O)CC(=O)CC(=O)O. The average Bonchev–Trinajstić information content (AvgIpc) is 3.12. The quantitative estimate of drug-likeness (QED) is 0.454. The lowest BCUT2D eigenvalue weighted by atomic mass is 9.94. The first-order valence-electron chi connectivity index (χ1n) is 10.6. The lowest BCUT2D eigenvalue weighted by Crippen LogP contribution is -2.17. The van der Waals surface area contributed by atoms with Crippen molar-refractivity contribution in [2.45, 2.75) is 51.6 Å². The number of carboxylic acid groups (broad SMARTS) is 1. The van der Waals surface area contributed by atoms with Gasteiger partial charge in [-0.15, -0.1) is 0 Å². The molecule has 1 atom stereocenters. The van der Waals surface area contributed by atoms with Gasteiger partial charge >= 0.3 is 5.97 Å². The summed E-state index contributed by atoms with van der Waals surface area (Å²) in [5, 5.41) is 24.0. The van der Waals surface area contributed by atoms with E-state index in [0.717, 1.165) is 28.2 Å². The molecule has 7 heteroatoms. The van der Waals surface area contributed by atoms with Crippen LogP contribution in [0.15, 0.2) is 54.6 Å². The molecular formula is C25H27FN2O4. The summed E-state index contributed by atoms with van der Waals surface area (Å²) in [6.45, 7) is 4.06. The van der Waals surface area contributed by atoms with E-state index in [0.29, 0.717) is 6.42 Å². The molecule has 0 amide bonds. The molecule has 32 heavy (non-hydrogen) atoms. The minimum Gasteiger partial charge on any atom is -0.481 e. The Bertz CT molecular complexity index is 1080. The van der Waals surface area contributed by atoms with E-state index in [1.807, 2.05) is 48.9 Å². The van der Waals surface area contributed by atoms with Crippen LogP contribution in [0.5, 0.6) is 0 Å². The number of nitrogens with zero attached hydrogens (tertiary/aromatic N) is 2. The van der Waals surface area contributed by atoms with Crippen LogP contribution in [-0.2, 0) is 16.0 Å². The van der Waals surface area contributed by atoms with Crippen molar-refractivity contribution < 1.29 is 24.2 Å². The van der Waals surface area contributed by atoms with Gasteiger partial charge in [0.15, 0.2) is 0 Å². The number of aliphatic hydroxyl groups is 1. The van der Waals surface area contributed by atoms with Crippen molar-refractivity contribution in [3.8, 4) is 16.9 Å². The summed E-state index contributed by atoms with van der Waals surface area (Å²) < 4.78 is 15.4. The number of para-hydroxylation sites is 1. The molecule has 0 radical (unpaired) electrons.